The van der Waals surface area contributed by atoms with E-state index >= 15 is 0 Å². The van der Waals surface area contributed by atoms with Gasteiger partial charge in [0.1, 0.15) is 0 Å². The number of carbonyl (C=O) groups is 1. The van der Waals surface area contributed by atoms with Gasteiger partial charge < -0.3 is 5.32 Å². The molecule has 0 rings (SSSR count). The molecule has 1 N–H and O–H groups in total. The first kappa shape index (κ1) is 10.9. The highest BCUT2D eigenvalue weighted by Crippen LogP contribution is 1.80. The molecule has 0 atom stereocenters. The van der Waals surface area contributed by atoms with Crippen LogP contribution in [0.1, 0.15) is 0 Å². The largest absolute Gasteiger partial charge is 0.762 e. The third-order valence-corrected chi connectivity index (χ3v) is 0.186. The average Bonchev–Trinajstić information content (AvgIpc) is 1.66. The van der Waals surface area contributed by atoms with Gasteiger partial charge in [-0.2, -0.15) is 0 Å². The Morgan fingerprint density at radius 1 is 1.44 bits per heavy atom. The Bertz CT molecular complexity index is 70.7. The van der Waals surface area contributed by atoms with E-state index in [1.54, 1.807) is 0 Å². The lowest BCUT2D eigenvalue weighted by atomic mass is 10.5. The summed E-state index contributed by atoms with van der Waals surface area (Å²) in [6.45, 7) is 3.21. The fourth-order valence-electron chi connectivity index (χ4n) is 0.0481. The maximum Gasteiger partial charge on any atom is 0.762 e. The van der Waals surface area contributed by atoms with Crippen LogP contribution in [0, 0.1) is 0 Å². The summed E-state index contributed by atoms with van der Waals surface area (Å²) in [6, 6.07) is 0. The van der Waals surface area contributed by atoms with E-state index in [0.29, 0.717) is 6.41 Å². The third kappa shape index (κ3) is 160. The van der Waals surface area contributed by atoms with Gasteiger partial charge in [0, 0.05) is 0 Å². The smallest absolute Gasteiger partial charge is 0.336 e. The van der Waals surface area contributed by atoms with Gasteiger partial charge >= 0.3 is 7.54 Å². The van der Waals surface area contributed by atoms with E-state index in [9.17, 15) is 17.7 Å². The summed E-state index contributed by atoms with van der Waals surface area (Å²) in [6.07, 6.45) is 1.88. The quantitative estimate of drug-likeness (QED) is 0.443. The summed E-state index contributed by atoms with van der Waals surface area (Å²) >= 11 is 0. The molecule has 9 heavy (non-hydrogen) atoms. The summed E-state index contributed by atoms with van der Waals surface area (Å²) in [4.78, 5) is 9.22. The summed E-state index contributed by atoms with van der Waals surface area (Å²) in [5.41, 5.74) is 0. The van der Waals surface area contributed by atoms with Gasteiger partial charge in [0.2, 0.25) is 6.41 Å². The average molecular weight is 139 g/mol. The summed E-state index contributed by atoms with van der Waals surface area (Å²) in [5.74, 6) is 0. The first-order chi connectivity index (χ1) is 4.15. The van der Waals surface area contributed by atoms with Gasteiger partial charge in [-0.05, 0) is 6.20 Å². The summed E-state index contributed by atoms with van der Waals surface area (Å²) in [5, 5.41) is 2.19. The minimum Gasteiger partial charge on any atom is -0.336 e. The van der Waals surface area contributed by atoms with Crippen LogP contribution in [0.15, 0.2) is 12.8 Å². The van der Waals surface area contributed by atoms with Gasteiger partial charge in [-0.25, -0.2) is 0 Å². The number of amides is 1. The normalized spacial score (nSPS) is 6.11. The highest BCUT2D eigenvalue weighted by molar-refractivity contribution is 6.33. The number of nitrogens with one attached hydrogen (secondary N) is 1. The molecule has 2 nitrogen and oxygen atoms in total. The first-order valence-corrected chi connectivity index (χ1v) is 1.88. The van der Waals surface area contributed by atoms with Gasteiger partial charge in [0.15, 0.2) is 0 Å². The predicted octanol–water partition coefficient (Wildman–Crippen LogP) is 0.756. The van der Waals surface area contributed by atoms with E-state index in [4.69, 9.17) is 0 Å². The number of carbonyl (C=O) groups excluding carboxylic acids is 1. The Hall–Kier alpha value is -0.935. The number of rotatable bonds is 2. The van der Waals surface area contributed by atoms with Crippen LogP contribution in [0.25, 0.3) is 0 Å². The molecular formula is C3H5BF3NO. The maximum atomic E-state index is 9.67. The van der Waals surface area contributed by atoms with Crippen molar-refractivity contribution in [3.63, 3.8) is 0 Å². The van der Waals surface area contributed by atoms with Gasteiger partial charge in [-0.3, -0.25) is 17.7 Å². The Labute approximate surface area is 51.0 Å². The number of hydrogen-bond donors (Lipinski definition) is 1. The van der Waals surface area contributed by atoms with Crippen molar-refractivity contribution in [2.24, 2.45) is 0 Å². The minimum absolute atomic E-state index is 0.562. The highest BCUT2D eigenvalue weighted by Gasteiger charge is 2.06. The third-order valence-electron chi connectivity index (χ3n) is 0.186. The molecule has 0 saturated carbocycles. The molecule has 0 unspecified atom stereocenters. The zero-order valence-corrected chi connectivity index (χ0v) is 4.48. The summed E-state index contributed by atoms with van der Waals surface area (Å²) in [7, 11) is -3.67. The highest BCUT2D eigenvalue weighted by atomic mass is 19.4. The predicted molar refractivity (Wildman–Crippen MR) is 28.5 cm³/mol. The fraction of sp³-hybridized carbons (Fsp3) is 0. The molecule has 0 fully saturated rings. The van der Waals surface area contributed by atoms with Crippen LogP contribution in [0.4, 0.5) is 12.9 Å². The Morgan fingerprint density at radius 2 is 1.78 bits per heavy atom. The molecule has 0 spiro atoms. The van der Waals surface area contributed by atoms with Crippen molar-refractivity contribution in [1.29, 1.82) is 0 Å². The van der Waals surface area contributed by atoms with Crippen LogP contribution in [0.5, 0.6) is 0 Å². The zero-order chi connectivity index (χ0) is 7.70. The lowest BCUT2D eigenvalue weighted by Gasteiger charge is -1.70. The second kappa shape index (κ2) is 10.1. The standard InChI is InChI=1S/C3H5NO.BF3/c1-2-4-3-5;2-1(3)4/h2-3H,1H2,(H,4,5);. The molecule has 0 aliphatic carbocycles. The van der Waals surface area contributed by atoms with Crippen molar-refractivity contribution in [1.82, 2.24) is 5.32 Å². The second-order valence-corrected chi connectivity index (χ2v) is 0.736. The topological polar surface area (TPSA) is 29.1 Å². The van der Waals surface area contributed by atoms with Gasteiger partial charge in [-0.1, -0.05) is 6.58 Å². The molecule has 0 aromatic rings. The van der Waals surface area contributed by atoms with E-state index in [1.807, 2.05) is 0 Å². The van der Waals surface area contributed by atoms with Crippen molar-refractivity contribution in [3.8, 4) is 0 Å². The molecule has 0 heterocycles. The molecule has 0 aliphatic heterocycles. The van der Waals surface area contributed by atoms with Crippen LogP contribution in [0.3, 0.4) is 0 Å². The van der Waals surface area contributed by atoms with Gasteiger partial charge in [0.25, 0.3) is 0 Å². The zero-order valence-electron chi connectivity index (χ0n) is 4.48. The molecule has 0 bridgehead atoms. The minimum atomic E-state index is -3.67. The van der Waals surface area contributed by atoms with E-state index in [1.165, 1.54) is 6.20 Å². The van der Waals surface area contributed by atoms with Crippen LogP contribution in [-0.2, 0) is 4.79 Å². The summed E-state index contributed by atoms with van der Waals surface area (Å²) < 4.78 is 29.0. The van der Waals surface area contributed by atoms with E-state index in [2.05, 4.69) is 11.9 Å². The van der Waals surface area contributed by atoms with Crippen LogP contribution >= 0.6 is 0 Å². The SMILES string of the molecule is C=CNC=O.FB(F)F. The Balaban J connectivity index is 0. The van der Waals surface area contributed by atoms with E-state index in [-0.39, 0.29) is 0 Å². The van der Waals surface area contributed by atoms with Crippen molar-refractivity contribution in [2.45, 2.75) is 0 Å². The first-order valence-electron chi connectivity index (χ1n) is 1.88. The molecule has 1 amide bonds. The number of halogens is 3. The van der Waals surface area contributed by atoms with Gasteiger partial charge in [0.05, 0.1) is 0 Å². The Kier molecular flexibility index (Phi) is 12.3. The van der Waals surface area contributed by atoms with Gasteiger partial charge in [-0.15, -0.1) is 0 Å². The molecule has 52 valence electrons. The van der Waals surface area contributed by atoms with Crippen LogP contribution in [-0.4, -0.2) is 14.0 Å². The number of hydrogen-bond acceptors (Lipinski definition) is 1. The van der Waals surface area contributed by atoms with E-state index < -0.39 is 7.54 Å². The van der Waals surface area contributed by atoms with Crippen molar-refractivity contribution in [2.75, 3.05) is 0 Å². The van der Waals surface area contributed by atoms with Crippen LogP contribution < -0.4 is 5.32 Å². The fourth-order valence-corrected chi connectivity index (χ4v) is 0.0481. The lowest BCUT2D eigenvalue weighted by molar-refractivity contribution is -0.108. The molecule has 6 heteroatoms. The molecular weight excluding hydrogens is 134 g/mol. The van der Waals surface area contributed by atoms with E-state index in [0.717, 1.165) is 0 Å². The molecule has 0 saturated heterocycles. The maximum absolute atomic E-state index is 9.67. The Morgan fingerprint density at radius 3 is 1.78 bits per heavy atom. The molecule has 0 aromatic carbocycles. The second-order valence-electron chi connectivity index (χ2n) is 0.736. The van der Waals surface area contributed by atoms with Crippen molar-refractivity contribution in [3.05, 3.63) is 12.8 Å². The van der Waals surface area contributed by atoms with Crippen molar-refractivity contribution < 1.29 is 17.7 Å². The lowest BCUT2D eigenvalue weighted by Crippen LogP contribution is -1.96. The van der Waals surface area contributed by atoms with Crippen molar-refractivity contribution >= 4 is 14.0 Å². The monoisotopic (exact) mass is 139 g/mol. The molecule has 0 radical (unpaired) electrons. The molecule has 0 aliphatic rings. The molecule has 0 aromatic heterocycles. The van der Waals surface area contributed by atoms with Crippen LogP contribution in [0.2, 0.25) is 0 Å².